The highest BCUT2D eigenvalue weighted by Crippen LogP contribution is 2.25. The Labute approximate surface area is 123 Å². The molecule has 0 aliphatic carbocycles. The number of rotatable bonds is 7. The van der Waals surface area contributed by atoms with E-state index in [1.807, 2.05) is 12.1 Å². The Morgan fingerprint density at radius 1 is 1.50 bits per heavy atom. The van der Waals surface area contributed by atoms with Crippen molar-refractivity contribution in [3.63, 3.8) is 0 Å². The van der Waals surface area contributed by atoms with Crippen molar-refractivity contribution < 1.29 is 9.53 Å². The molecule has 0 fully saturated rings. The van der Waals surface area contributed by atoms with E-state index in [-0.39, 0.29) is 19.1 Å². The summed E-state index contributed by atoms with van der Waals surface area (Å²) in [5.41, 5.74) is 1.05. The van der Waals surface area contributed by atoms with Gasteiger partial charge in [-0.1, -0.05) is 31.5 Å². The van der Waals surface area contributed by atoms with Crippen molar-refractivity contribution in [3.05, 3.63) is 28.8 Å². The lowest BCUT2D eigenvalue weighted by Crippen LogP contribution is -2.29. The molecule has 0 atom stereocenters. The second-order valence-electron chi connectivity index (χ2n) is 4.52. The molecule has 6 heteroatoms. The number of carbonyl (C=O) groups excluding carboxylic acids is 1. The van der Waals surface area contributed by atoms with Gasteiger partial charge in [-0.3, -0.25) is 4.79 Å². The van der Waals surface area contributed by atoms with Crippen molar-refractivity contribution in [3.8, 4) is 11.8 Å². The molecule has 2 N–H and O–H groups in total. The third-order valence-corrected chi connectivity index (χ3v) is 2.73. The van der Waals surface area contributed by atoms with E-state index in [0.717, 1.165) is 12.1 Å². The van der Waals surface area contributed by atoms with Crippen molar-refractivity contribution in [1.29, 1.82) is 5.26 Å². The average molecular weight is 296 g/mol. The van der Waals surface area contributed by atoms with Crippen LogP contribution in [0.1, 0.15) is 19.4 Å². The smallest absolute Gasteiger partial charge is 0.258 e. The van der Waals surface area contributed by atoms with Crippen molar-refractivity contribution in [2.75, 3.05) is 13.2 Å². The minimum absolute atomic E-state index is 0.0320. The van der Waals surface area contributed by atoms with Gasteiger partial charge in [0.1, 0.15) is 12.3 Å². The first kappa shape index (κ1) is 16.3. The van der Waals surface area contributed by atoms with Gasteiger partial charge in [0.05, 0.1) is 11.1 Å². The number of hydrogen-bond donors (Lipinski definition) is 2. The van der Waals surface area contributed by atoms with Gasteiger partial charge in [-0.2, -0.15) is 5.26 Å². The lowest BCUT2D eigenvalue weighted by molar-refractivity contribution is -0.122. The van der Waals surface area contributed by atoms with E-state index in [1.165, 1.54) is 0 Å². The Balaban J connectivity index is 2.51. The molecule has 0 saturated heterocycles. The van der Waals surface area contributed by atoms with Gasteiger partial charge in [0.25, 0.3) is 5.91 Å². The lowest BCUT2D eigenvalue weighted by Gasteiger charge is -2.11. The highest BCUT2D eigenvalue weighted by Gasteiger charge is 2.06. The Bertz CT molecular complexity index is 498. The molecular weight excluding hydrogens is 278 g/mol. The number of nitriles is 1. The molecule has 0 unspecified atom stereocenters. The largest absolute Gasteiger partial charge is 0.482 e. The monoisotopic (exact) mass is 295 g/mol. The van der Waals surface area contributed by atoms with Crippen LogP contribution < -0.4 is 15.4 Å². The van der Waals surface area contributed by atoms with E-state index >= 15 is 0 Å². The zero-order valence-electron chi connectivity index (χ0n) is 11.6. The number of nitrogens with zero attached hydrogens (tertiary/aromatic N) is 1. The average Bonchev–Trinajstić information content (AvgIpc) is 2.41. The molecule has 0 aromatic heterocycles. The second kappa shape index (κ2) is 8.41. The lowest BCUT2D eigenvalue weighted by atomic mass is 10.2. The van der Waals surface area contributed by atoms with Crippen LogP contribution in [0.15, 0.2) is 18.2 Å². The predicted molar refractivity (Wildman–Crippen MR) is 77.5 cm³/mol. The number of carbonyl (C=O) groups is 1. The third-order valence-electron chi connectivity index (χ3n) is 2.43. The van der Waals surface area contributed by atoms with Gasteiger partial charge in [-0.25, -0.2) is 0 Å². The highest BCUT2D eigenvalue weighted by molar-refractivity contribution is 6.32. The molecule has 5 nitrogen and oxygen atoms in total. The van der Waals surface area contributed by atoms with E-state index in [4.69, 9.17) is 21.6 Å². The van der Waals surface area contributed by atoms with Crippen molar-refractivity contribution in [2.45, 2.75) is 26.4 Å². The van der Waals surface area contributed by atoms with Gasteiger partial charge < -0.3 is 15.4 Å². The van der Waals surface area contributed by atoms with E-state index in [1.54, 1.807) is 12.1 Å². The van der Waals surface area contributed by atoms with Crippen molar-refractivity contribution >= 4 is 17.5 Å². The summed E-state index contributed by atoms with van der Waals surface area (Å²) >= 11 is 6.10. The molecule has 0 saturated carbocycles. The van der Waals surface area contributed by atoms with Crippen LogP contribution in [0.3, 0.4) is 0 Å². The summed E-state index contributed by atoms with van der Waals surface area (Å²) in [5.74, 6) is 0.0974. The quantitative estimate of drug-likeness (QED) is 0.753. The van der Waals surface area contributed by atoms with Gasteiger partial charge >= 0.3 is 0 Å². The maximum atomic E-state index is 11.3. The summed E-state index contributed by atoms with van der Waals surface area (Å²) in [6, 6.07) is 7.65. The van der Waals surface area contributed by atoms with Crippen LogP contribution in [-0.2, 0) is 11.3 Å². The summed E-state index contributed by atoms with van der Waals surface area (Å²) in [7, 11) is 0. The molecule has 0 heterocycles. The van der Waals surface area contributed by atoms with Gasteiger partial charge in [-0.15, -0.1) is 0 Å². The molecule has 0 bridgehead atoms. The van der Waals surface area contributed by atoms with Crippen LogP contribution in [0, 0.1) is 11.3 Å². The summed E-state index contributed by atoms with van der Waals surface area (Å²) in [6.07, 6.45) is 0. The van der Waals surface area contributed by atoms with E-state index < -0.39 is 0 Å². The molecule has 0 aliphatic rings. The van der Waals surface area contributed by atoms with E-state index in [0.29, 0.717) is 16.8 Å². The van der Waals surface area contributed by atoms with E-state index in [9.17, 15) is 4.79 Å². The van der Waals surface area contributed by atoms with Crippen LogP contribution in [0.25, 0.3) is 0 Å². The molecule has 1 amide bonds. The first-order valence-corrected chi connectivity index (χ1v) is 6.69. The Kier molecular flexibility index (Phi) is 6.85. The van der Waals surface area contributed by atoms with Crippen LogP contribution in [0.2, 0.25) is 5.02 Å². The minimum atomic E-state index is -0.354. The summed E-state index contributed by atoms with van der Waals surface area (Å²) in [6.45, 7) is 4.67. The minimum Gasteiger partial charge on any atom is -0.482 e. The normalized spacial score (nSPS) is 10.2. The summed E-state index contributed by atoms with van der Waals surface area (Å²) < 4.78 is 5.30. The van der Waals surface area contributed by atoms with Gasteiger partial charge in [-0.05, 0) is 17.7 Å². The number of nitrogens with one attached hydrogen (secondary N) is 2. The molecule has 0 radical (unpaired) electrons. The fraction of sp³-hybridized carbons (Fsp3) is 0.429. The Morgan fingerprint density at radius 3 is 2.85 bits per heavy atom. The Hall–Kier alpha value is -1.77. The zero-order valence-corrected chi connectivity index (χ0v) is 12.3. The van der Waals surface area contributed by atoms with Gasteiger partial charge in [0, 0.05) is 12.6 Å². The molecular formula is C14H18ClN3O2. The van der Waals surface area contributed by atoms with Crippen molar-refractivity contribution in [2.24, 2.45) is 0 Å². The highest BCUT2D eigenvalue weighted by atomic mass is 35.5. The topological polar surface area (TPSA) is 74.2 Å². The number of halogens is 1. The van der Waals surface area contributed by atoms with Crippen molar-refractivity contribution in [1.82, 2.24) is 10.6 Å². The van der Waals surface area contributed by atoms with Gasteiger partial charge in [0.15, 0.2) is 6.61 Å². The molecule has 108 valence electrons. The first-order valence-electron chi connectivity index (χ1n) is 6.31. The maximum Gasteiger partial charge on any atom is 0.258 e. The molecule has 1 rings (SSSR count). The third kappa shape index (κ3) is 5.91. The predicted octanol–water partition coefficient (Wildman–Crippen LogP) is 1.86. The zero-order chi connectivity index (χ0) is 15.0. The summed E-state index contributed by atoms with van der Waals surface area (Å²) in [4.78, 5) is 11.3. The number of amides is 1. The second-order valence-corrected chi connectivity index (χ2v) is 4.93. The van der Waals surface area contributed by atoms with Crippen LogP contribution in [-0.4, -0.2) is 25.1 Å². The SMILES string of the molecule is CC(C)NCc1ccc(OCC(=O)NCC#N)c(Cl)c1. The molecule has 0 aliphatic heterocycles. The standard InChI is InChI=1S/C14H18ClN3O2/c1-10(2)18-8-11-3-4-13(12(15)7-11)20-9-14(19)17-6-5-16/h3-4,7,10,18H,6,8-9H2,1-2H3,(H,17,19). The molecule has 1 aromatic carbocycles. The number of hydrogen-bond acceptors (Lipinski definition) is 4. The van der Waals surface area contributed by atoms with Gasteiger partial charge in [0.2, 0.25) is 0 Å². The summed E-state index contributed by atoms with van der Waals surface area (Å²) in [5, 5.41) is 14.5. The molecule has 0 spiro atoms. The molecule has 20 heavy (non-hydrogen) atoms. The van der Waals surface area contributed by atoms with Crippen LogP contribution in [0.5, 0.6) is 5.75 Å². The first-order chi connectivity index (χ1) is 9.52. The van der Waals surface area contributed by atoms with Crippen LogP contribution in [0.4, 0.5) is 0 Å². The Morgan fingerprint density at radius 2 is 2.25 bits per heavy atom. The molecule has 1 aromatic rings. The fourth-order valence-corrected chi connectivity index (χ4v) is 1.68. The maximum absolute atomic E-state index is 11.3. The van der Waals surface area contributed by atoms with Crippen LogP contribution >= 0.6 is 11.6 Å². The van der Waals surface area contributed by atoms with E-state index in [2.05, 4.69) is 24.5 Å². The fourth-order valence-electron chi connectivity index (χ4n) is 1.43. The number of ether oxygens (including phenoxy) is 1. The number of benzene rings is 1.